The van der Waals surface area contributed by atoms with E-state index in [0.717, 1.165) is 35.7 Å². The fourth-order valence-corrected chi connectivity index (χ4v) is 3.80. The van der Waals surface area contributed by atoms with E-state index in [1.807, 2.05) is 11.6 Å². The standard InChI is InChI=1S/C15H17F3N4S/c1-10(11-6-8-12(9-7-11)15(16,17)18)23-14-19-20-21-22(14)13-4-2-3-5-13/h6-10,13H,2-5H2,1H3. The van der Waals surface area contributed by atoms with Crippen LogP contribution in [0.1, 0.15) is 55.0 Å². The number of thioether (sulfide) groups is 1. The number of benzene rings is 1. The molecule has 0 amide bonds. The van der Waals surface area contributed by atoms with Crippen LogP contribution in [0.15, 0.2) is 29.4 Å². The maximum atomic E-state index is 12.6. The van der Waals surface area contributed by atoms with Crippen molar-refractivity contribution < 1.29 is 13.2 Å². The molecule has 0 saturated heterocycles. The number of hydrogen-bond acceptors (Lipinski definition) is 4. The van der Waals surface area contributed by atoms with E-state index in [1.165, 1.54) is 36.7 Å². The average Bonchev–Trinajstić information content (AvgIpc) is 3.17. The van der Waals surface area contributed by atoms with E-state index in [2.05, 4.69) is 15.5 Å². The summed E-state index contributed by atoms with van der Waals surface area (Å²) >= 11 is 1.48. The smallest absolute Gasteiger partial charge is 0.217 e. The first-order chi connectivity index (χ1) is 10.9. The highest BCUT2D eigenvalue weighted by molar-refractivity contribution is 7.99. The number of rotatable bonds is 4. The molecule has 23 heavy (non-hydrogen) atoms. The maximum Gasteiger partial charge on any atom is 0.416 e. The van der Waals surface area contributed by atoms with Crippen molar-refractivity contribution >= 4 is 11.8 Å². The first kappa shape index (κ1) is 16.3. The normalized spacial score (nSPS) is 17.6. The van der Waals surface area contributed by atoms with Crippen LogP contribution in [-0.4, -0.2) is 20.2 Å². The Morgan fingerprint density at radius 1 is 1.17 bits per heavy atom. The molecule has 1 aliphatic carbocycles. The molecule has 1 aliphatic rings. The van der Waals surface area contributed by atoms with E-state index in [1.54, 1.807) is 0 Å². The zero-order chi connectivity index (χ0) is 16.4. The van der Waals surface area contributed by atoms with Crippen molar-refractivity contribution in [1.82, 2.24) is 20.2 Å². The Balaban J connectivity index is 1.72. The Bertz CT molecular complexity index is 647. The van der Waals surface area contributed by atoms with Crippen LogP contribution in [0.25, 0.3) is 0 Å². The largest absolute Gasteiger partial charge is 0.416 e. The SMILES string of the molecule is CC(Sc1nnnn1C1CCCC1)c1ccc(C(F)(F)F)cc1. The molecule has 0 N–H and O–H groups in total. The quantitative estimate of drug-likeness (QED) is 0.758. The minimum atomic E-state index is -4.30. The lowest BCUT2D eigenvalue weighted by atomic mass is 10.1. The average molecular weight is 342 g/mol. The second-order valence-electron chi connectivity index (χ2n) is 5.72. The molecule has 1 fully saturated rings. The zero-order valence-corrected chi connectivity index (χ0v) is 13.4. The van der Waals surface area contributed by atoms with E-state index in [4.69, 9.17) is 0 Å². The summed E-state index contributed by atoms with van der Waals surface area (Å²) in [5.74, 6) is 0. The van der Waals surface area contributed by atoms with Crippen LogP contribution in [-0.2, 0) is 6.18 Å². The Hall–Kier alpha value is -1.57. The summed E-state index contributed by atoms with van der Waals surface area (Å²) in [4.78, 5) is 0. The number of hydrogen-bond donors (Lipinski definition) is 0. The van der Waals surface area contributed by atoms with Crippen molar-refractivity contribution in [1.29, 1.82) is 0 Å². The molecule has 8 heteroatoms. The fraction of sp³-hybridized carbons (Fsp3) is 0.533. The van der Waals surface area contributed by atoms with E-state index < -0.39 is 11.7 Å². The van der Waals surface area contributed by atoms with Crippen LogP contribution in [0.3, 0.4) is 0 Å². The van der Waals surface area contributed by atoms with Gasteiger partial charge in [-0.25, -0.2) is 4.68 Å². The number of halogens is 3. The molecule has 3 rings (SSSR count). The summed E-state index contributed by atoms with van der Waals surface area (Å²) in [6.07, 6.45) is 0.216. The van der Waals surface area contributed by atoms with Gasteiger partial charge in [0.1, 0.15) is 0 Å². The van der Waals surface area contributed by atoms with Crippen molar-refractivity contribution in [2.24, 2.45) is 0 Å². The highest BCUT2D eigenvalue weighted by atomic mass is 32.2. The topological polar surface area (TPSA) is 43.6 Å². The Morgan fingerprint density at radius 3 is 2.43 bits per heavy atom. The van der Waals surface area contributed by atoms with Gasteiger partial charge in [-0.2, -0.15) is 13.2 Å². The lowest BCUT2D eigenvalue weighted by Crippen LogP contribution is -2.09. The number of nitrogens with zero attached hydrogens (tertiary/aromatic N) is 4. The third-order valence-corrected chi connectivity index (χ3v) is 5.23. The van der Waals surface area contributed by atoms with Crippen molar-refractivity contribution in [3.8, 4) is 0 Å². The molecule has 0 spiro atoms. The highest BCUT2D eigenvalue weighted by Crippen LogP contribution is 2.38. The molecular weight excluding hydrogens is 325 g/mol. The second kappa shape index (κ2) is 6.51. The molecule has 1 saturated carbocycles. The van der Waals surface area contributed by atoms with Gasteiger partial charge in [-0.1, -0.05) is 36.7 Å². The van der Waals surface area contributed by atoms with Crippen LogP contribution in [0.4, 0.5) is 13.2 Å². The Labute approximate surface area is 136 Å². The van der Waals surface area contributed by atoms with Gasteiger partial charge in [0.05, 0.1) is 11.6 Å². The molecule has 4 nitrogen and oxygen atoms in total. The van der Waals surface area contributed by atoms with Gasteiger partial charge >= 0.3 is 6.18 Å². The zero-order valence-electron chi connectivity index (χ0n) is 12.6. The molecule has 1 atom stereocenters. The second-order valence-corrected chi connectivity index (χ2v) is 7.03. The first-order valence-corrected chi connectivity index (χ1v) is 8.45. The molecule has 0 aliphatic heterocycles. The van der Waals surface area contributed by atoms with Gasteiger partial charge in [-0.3, -0.25) is 0 Å². The van der Waals surface area contributed by atoms with Gasteiger partial charge < -0.3 is 0 Å². The number of alkyl halides is 3. The molecule has 1 aromatic carbocycles. The van der Waals surface area contributed by atoms with E-state index >= 15 is 0 Å². The third-order valence-electron chi connectivity index (χ3n) is 4.12. The lowest BCUT2D eigenvalue weighted by molar-refractivity contribution is -0.137. The van der Waals surface area contributed by atoms with Gasteiger partial charge in [-0.15, -0.1) is 5.10 Å². The third kappa shape index (κ3) is 3.68. The number of aromatic nitrogens is 4. The van der Waals surface area contributed by atoms with Crippen molar-refractivity contribution in [3.05, 3.63) is 35.4 Å². The van der Waals surface area contributed by atoms with Crippen LogP contribution >= 0.6 is 11.8 Å². The minimum Gasteiger partial charge on any atom is -0.217 e. The summed E-state index contributed by atoms with van der Waals surface area (Å²) in [6.45, 7) is 1.95. The van der Waals surface area contributed by atoms with Crippen molar-refractivity contribution in [3.63, 3.8) is 0 Å². The van der Waals surface area contributed by atoms with E-state index in [0.29, 0.717) is 6.04 Å². The number of tetrazole rings is 1. The van der Waals surface area contributed by atoms with Gasteiger partial charge in [-0.05, 0) is 47.9 Å². The molecule has 1 heterocycles. The summed E-state index contributed by atoms with van der Waals surface area (Å²) in [6, 6.07) is 5.61. The molecule has 0 radical (unpaired) electrons. The molecule has 124 valence electrons. The van der Waals surface area contributed by atoms with Crippen molar-refractivity contribution in [2.45, 2.75) is 55.2 Å². The maximum absolute atomic E-state index is 12.6. The highest BCUT2D eigenvalue weighted by Gasteiger charge is 2.30. The predicted molar refractivity (Wildman–Crippen MR) is 81.0 cm³/mol. The summed E-state index contributed by atoms with van der Waals surface area (Å²) in [5.41, 5.74) is 0.193. The van der Waals surface area contributed by atoms with Crippen LogP contribution in [0.2, 0.25) is 0 Å². The lowest BCUT2D eigenvalue weighted by Gasteiger charge is -2.15. The minimum absolute atomic E-state index is 0.0246. The summed E-state index contributed by atoms with van der Waals surface area (Å²) < 4.78 is 39.7. The first-order valence-electron chi connectivity index (χ1n) is 7.57. The molecular formula is C15H17F3N4S. The van der Waals surface area contributed by atoms with Gasteiger partial charge in [0.15, 0.2) is 0 Å². The predicted octanol–water partition coefficient (Wildman–Crippen LogP) is 4.66. The monoisotopic (exact) mass is 342 g/mol. The van der Waals surface area contributed by atoms with Crippen LogP contribution < -0.4 is 0 Å². The Kier molecular flexibility index (Phi) is 4.61. The molecule has 0 bridgehead atoms. The van der Waals surface area contributed by atoms with Gasteiger partial charge in [0.2, 0.25) is 5.16 Å². The summed E-state index contributed by atoms with van der Waals surface area (Å²) in [7, 11) is 0. The Morgan fingerprint density at radius 2 is 1.83 bits per heavy atom. The fourth-order valence-electron chi connectivity index (χ4n) is 2.81. The van der Waals surface area contributed by atoms with Gasteiger partial charge in [0, 0.05) is 5.25 Å². The van der Waals surface area contributed by atoms with Crippen molar-refractivity contribution in [2.75, 3.05) is 0 Å². The molecule has 1 unspecified atom stereocenters. The summed E-state index contributed by atoms with van der Waals surface area (Å²) in [5, 5.41) is 12.6. The van der Waals surface area contributed by atoms with E-state index in [9.17, 15) is 13.2 Å². The molecule has 2 aromatic rings. The van der Waals surface area contributed by atoms with E-state index in [-0.39, 0.29) is 5.25 Å². The van der Waals surface area contributed by atoms with Gasteiger partial charge in [0.25, 0.3) is 0 Å². The van der Waals surface area contributed by atoms with Crippen LogP contribution in [0.5, 0.6) is 0 Å². The van der Waals surface area contributed by atoms with Crippen LogP contribution in [0, 0.1) is 0 Å². The molecule has 1 aromatic heterocycles.